The second-order valence-corrected chi connectivity index (χ2v) is 6.20. The minimum atomic E-state index is -1.25. The molecule has 1 aromatic rings. The fourth-order valence-corrected chi connectivity index (χ4v) is 2.99. The highest BCUT2D eigenvalue weighted by Gasteiger charge is 2.43. The lowest BCUT2D eigenvalue weighted by Crippen LogP contribution is -2.47. The van der Waals surface area contributed by atoms with E-state index in [1.54, 1.807) is 0 Å². The number of likely N-dealkylation sites (tertiary alicyclic amines) is 1. The fraction of sp³-hybridized carbons (Fsp3) is 0.438. The van der Waals surface area contributed by atoms with Crippen molar-refractivity contribution in [1.82, 2.24) is 10.2 Å². The van der Waals surface area contributed by atoms with Crippen LogP contribution >= 0.6 is 11.6 Å². The lowest BCUT2D eigenvalue weighted by Gasteiger charge is -2.26. The zero-order valence-corrected chi connectivity index (χ0v) is 14.4. The van der Waals surface area contributed by atoms with E-state index in [-0.39, 0.29) is 24.0 Å². The summed E-state index contributed by atoms with van der Waals surface area (Å²) in [5.41, 5.74) is 0.411. The summed E-state index contributed by atoms with van der Waals surface area (Å²) in [5.74, 6) is -3.66. The van der Waals surface area contributed by atoms with Crippen molar-refractivity contribution in [3.8, 4) is 0 Å². The summed E-state index contributed by atoms with van der Waals surface area (Å²) in [5, 5.41) is 11.4. The fourth-order valence-electron chi connectivity index (χ4n) is 2.88. The highest BCUT2D eigenvalue weighted by molar-refractivity contribution is 6.30. The van der Waals surface area contributed by atoms with Crippen molar-refractivity contribution in [3.05, 3.63) is 34.6 Å². The molecule has 1 aliphatic heterocycles. The van der Waals surface area contributed by atoms with Gasteiger partial charge >= 0.3 is 5.97 Å². The molecule has 136 valence electrons. The van der Waals surface area contributed by atoms with Crippen LogP contribution in [-0.4, -0.2) is 54.6 Å². The van der Waals surface area contributed by atoms with Crippen LogP contribution in [0.4, 0.5) is 4.39 Å². The number of amides is 2. The van der Waals surface area contributed by atoms with Crippen molar-refractivity contribution in [2.45, 2.75) is 18.5 Å². The van der Waals surface area contributed by atoms with E-state index in [9.17, 15) is 18.8 Å². The molecule has 3 atom stereocenters. The average Bonchev–Trinajstić information content (AvgIpc) is 2.85. The number of hydrogen-bond acceptors (Lipinski definition) is 4. The van der Waals surface area contributed by atoms with E-state index >= 15 is 0 Å². The highest BCUT2D eigenvalue weighted by atomic mass is 35.5. The van der Waals surface area contributed by atoms with Gasteiger partial charge in [-0.2, -0.15) is 0 Å². The zero-order valence-electron chi connectivity index (χ0n) is 13.7. The number of carbonyl (C=O) groups is 3. The van der Waals surface area contributed by atoms with Gasteiger partial charge in [0.15, 0.2) is 6.04 Å². The minimum Gasteiger partial charge on any atom is -0.480 e. The van der Waals surface area contributed by atoms with Crippen molar-refractivity contribution in [2.75, 3.05) is 20.8 Å². The Hall–Kier alpha value is -2.19. The Bertz CT molecular complexity index is 699. The quantitative estimate of drug-likeness (QED) is 0.782. The summed E-state index contributed by atoms with van der Waals surface area (Å²) >= 11 is 5.68. The molecule has 3 unspecified atom stereocenters. The van der Waals surface area contributed by atoms with Gasteiger partial charge in [-0.1, -0.05) is 17.7 Å². The van der Waals surface area contributed by atoms with E-state index in [4.69, 9.17) is 21.4 Å². The van der Waals surface area contributed by atoms with E-state index in [1.807, 2.05) is 0 Å². The van der Waals surface area contributed by atoms with Gasteiger partial charge in [-0.15, -0.1) is 0 Å². The van der Waals surface area contributed by atoms with Crippen molar-refractivity contribution in [1.29, 1.82) is 0 Å². The molecule has 1 aliphatic rings. The van der Waals surface area contributed by atoms with E-state index < -0.39 is 35.7 Å². The number of halogens is 2. The third-order valence-electron chi connectivity index (χ3n) is 4.16. The number of benzene rings is 1. The first-order valence-corrected chi connectivity index (χ1v) is 7.86. The molecule has 1 heterocycles. The first-order valence-electron chi connectivity index (χ1n) is 7.49. The van der Waals surface area contributed by atoms with E-state index in [0.29, 0.717) is 5.56 Å². The van der Waals surface area contributed by atoms with Crippen LogP contribution in [0.3, 0.4) is 0 Å². The predicted octanol–water partition coefficient (Wildman–Crippen LogP) is 1.21. The third-order valence-corrected chi connectivity index (χ3v) is 4.46. The lowest BCUT2D eigenvalue weighted by molar-refractivity contribution is -0.144. The van der Waals surface area contributed by atoms with E-state index in [2.05, 4.69) is 5.32 Å². The zero-order chi connectivity index (χ0) is 18.7. The van der Waals surface area contributed by atoms with Gasteiger partial charge in [0.25, 0.3) is 0 Å². The molecule has 0 aliphatic carbocycles. The number of nitrogens with one attached hydrogen (secondary N) is 1. The van der Waals surface area contributed by atoms with Crippen LogP contribution in [0, 0.1) is 11.7 Å². The highest BCUT2D eigenvalue weighted by Crippen LogP contribution is 2.38. The second kappa shape index (κ2) is 7.79. The van der Waals surface area contributed by atoms with Crippen LogP contribution in [-0.2, 0) is 19.1 Å². The maximum Gasteiger partial charge on any atom is 0.328 e. The topological polar surface area (TPSA) is 95.9 Å². The molecular weight excluding hydrogens is 355 g/mol. The second-order valence-electron chi connectivity index (χ2n) is 5.79. The molecule has 2 rings (SSSR count). The molecule has 2 amide bonds. The van der Waals surface area contributed by atoms with Crippen molar-refractivity contribution in [3.63, 3.8) is 0 Å². The lowest BCUT2D eigenvalue weighted by atomic mass is 9.92. The number of hydrogen-bond donors (Lipinski definition) is 2. The largest absolute Gasteiger partial charge is 0.480 e. The molecule has 0 bridgehead atoms. The van der Waals surface area contributed by atoms with Crippen LogP contribution in [0.25, 0.3) is 0 Å². The van der Waals surface area contributed by atoms with Gasteiger partial charge in [0, 0.05) is 20.6 Å². The van der Waals surface area contributed by atoms with Gasteiger partial charge in [-0.3, -0.25) is 9.59 Å². The molecule has 9 heteroatoms. The predicted molar refractivity (Wildman–Crippen MR) is 86.5 cm³/mol. The van der Waals surface area contributed by atoms with Gasteiger partial charge in [-0.25, -0.2) is 9.18 Å². The number of nitrogens with zero attached hydrogens (tertiary/aromatic N) is 1. The summed E-state index contributed by atoms with van der Waals surface area (Å²) < 4.78 is 18.5. The van der Waals surface area contributed by atoms with Gasteiger partial charge < -0.3 is 20.1 Å². The Labute approximate surface area is 148 Å². The molecule has 1 fully saturated rings. The summed E-state index contributed by atoms with van der Waals surface area (Å²) in [6.07, 6.45) is -0.101. The molecule has 1 saturated heterocycles. The van der Waals surface area contributed by atoms with Crippen LogP contribution in [0.15, 0.2) is 18.2 Å². The number of carboxylic acid groups (broad SMARTS) is 1. The summed E-state index contributed by atoms with van der Waals surface area (Å²) in [7, 11) is 2.82. The Morgan fingerprint density at radius 3 is 2.76 bits per heavy atom. The van der Waals surface area contributed by atoms with E-state index in [0.717, 1.165) is 0 Å². The van der Waals surface area contributed by atoms with Crippen LogP contribution in [0.1, 0.15) is 18.0 Å². The molecule has 2 N–H and O–H groups in total. The standard InChI is InChI=1S/C16H18ClFN2O5/c1-20-13(21)6-9(15(22)19-12(7-25-2)16(23)24)14(20)8-3-4-10(17)11(18)5-8/h3-5,9,12,14H,6-7H2,1-2H3,(H,19,22)(H,23,24). The van der Waals surface area contributed by atoms with Gasteiger partial charge in [0.2, 0.25) is 11.8 Å². The molecule has 0 aromatic heterocycles. The third kappa shape index (κ3) is 4.08. The number of ether oxygens (including phenoxy) is 1. The van der Waals surface area contributed by atoms with Crippen LogP contribution in [0.2, 0.25) is 5.02 Å². The normalized spacial score (nSPS) is 21.3. The Morgan fingerprint density at radius 1 is 1.52 bits per heavy atom. The summed E-state index contributed by atoms with van der Waals surface area (Å²) in [4.78, 5) is 37.1. The average molecular weight is 373 g/mol. The summed E-state index contributed by atoms with van der Waals surface area (Å²) in [6, 6.07) is 2.11. The van der Waals surface area contributed by atoms with Crippen molar-refractivity contribution in [2.24, 2.45) is 5.92 Å². The number of rotatable bonds is 6. The Kier molecular flexibility index (Phi) is 5.97. The molecule has 0 spiro atoms. The minimum absolute atomic E-state index is 0.0669. The molecule has 0 radical (unpaired) electrons. The number of carboxylic acids is 1. The van der Waals surface area contributed by atoms with Crippen LogP contribution in [0.5, 0.6) is 0 Å². The molecule has 1 aromatic carbocycles. The number of aliphatic carboxylic acids is 1. The number of carbonyl (C=O) groups excluding carboxylic acids is 2. The smallest absolute Gasteiger partial charge is 0.328 e. The van der Waals surface area contributed by atoms with Crippen molar-refractivity contribution >= 4 is 29.4 Å². The molecular formula is C16H18ClFN2O5. The Balaban J connectivity index is 2.27. The molecule has 0 saturated carbocycles. The SMILES string of the molecule is COCC(NC(=O)C1CC(=O)N(C)C1c1ccc(Cl)c(F)c1)C(=O)O. The van der Waals surface area contributed by atoms with Gasteiger partial charge in [0.1, 0.15) is 5.82 Å². The maximum absolute atomic E-state index is 13.8. The monoisotopic (exact) mass is 372 g/mol. The molecule has 7 nitrogen and oxygen atoms in total. The van der Waals surface area contributed by atoms with Gasteiger partial charge in [0.05, 0.1) is 23.6 Å². The first kappa shape index (κ1) is 19.1. The van der Waals surface area contributed by atoms with Crippen LogP contribution < -0.4 is 5.32 Å². The van der Waals surface area contributed by atoms with Crippen molar-refractivity contribution < 1.29 is 28.6 Å². The molecule has 25 heavy (non-hydrogen) atoms. The van der Waals surface area contributed by atoms with Gasteiger partial charge in [-0.05, 0) is 17.7 Å². The number of methoxy groups -OCH3 is 1. The first-order chi connectivity index (χ1) is 11.8. The maximum atomic E-state index is 13.8. The van der Waals surface area contributed by atoms with E-state index in [1.165, 1.54) is 37.3 Å². The summed E-state index contributed by atoms with van der Waals surface area (Å²) in [6.45, 7) is -0.210. The Morgan fingerprint density at radius 2 is 2.20 bits per heavy atom.